The predicted molar refractivity (Wildman–Crippen MR) is 74.5 cm³/mol. The van der Waals surface area contributed by atoms with Crippen molar-refractivity contribution in [3.05, 3.63) is 65.5 Å². The zero-order valence-corrected chi connectivity index (χ0v) is 11.7. The van der Waals surface area contributed by atoms with Crippen molar-refractivity contribution < 1.29 is 26.9 Å². The minimum absolute atomic E-state index is 0. The van der Waals surface area contributed by atoms with Crippen molar-refractivity contribution in [3.63, 3.8) is 0 Å². The number of pyridine rings is 1. The molecule has 2 aromatic rings. The van der Waals surface area contributed by atoms with Gasteiger partial charge in [0.15, 0.2) is 18.9 Å². The van der Waals surface area contributed by atoms with Crippen molar-refractivity contribution >= 4 is 18.4 Å². The number of carbonyl (C=O) groups excluding carboxylic acids is 1. The molecule has 0 bridgehead atoms. The van der Waals surface area contributed by atoms with Gasteiger partial charge in [0, 0.05) is 17.7 Å². The molecule has 1 aromatic carbocycles. The quantitative estimate of drug-likeness (QED) is 0.564. The van der Waals surface area contributed by atoms with E-state index in [1.807, 2.05) is 53.4 Å². The molecule has 0 spiro atoms. The Morgan fingerprint density at radius 1 is 0.900 bits per heavy atom. The molecule has 1 heterocycles. The Hall–Kier alpha value is -1.97. The van der Waals surface area contributed by atoms with E-state index in [0.29, 0.717) is 12.1 Å². The first-order valence-electron chi connectivity index (χ1n) is 6.15. The van der Waals surface area contributed by atoms with Crippen LogP contribution in [0.1, 0.15) is 21.5 Å². The third-order valence-electron chi connectivity index (χ3n) is 2.82. The maximum atomic E-state index is 10.5. The second-order valence-corrected chi connectivity index (χ2v) is 4.21. The average Bonchev–Trinajstić information content (AvgIpc) is 2.47. The van der Waals surface area contributed by atoms with E-state index in [2.05, 4.69) is 0 Å². The Bertz CT molecular complexity index is 562. The van der Waals surface area contributed by atoms with Gasteiger partial charge in [-0.25, -0.2) is 4.57 Å². The van der Waals surface area contributed by atoms with Crippen LogP contribution in [0, 0.1) is 0 Å². The molecule has 4 heteroatoms. The van der Waals surface area contributed by atoms with Crippen molar-refractivity contribution in [1.29, 1.82) is 0 Å². The number of benzene rings is 1. The van der Waals surface area contributed by atoms with Crippen molar-refractivity contribution in [2.24, 2.45) is 0 Å². The first kappa shape index (κ1) is 16.1. The maximum Gasteiger partial charge on any atom is 0.171 e. The van der Waals surface area contributed by atoms with Crippen LogP contribution in [0.5, 0.6) is 0 Å². The van der Waals surface area contributed by atoms with Gasteiger partial charge in [-0.1, -0.05) is 36.4 Å². The highest BCUT2D eigenvalue weighted by Gasteiger charge is 1.97. The summed E-state index contributed by atoms with van der Waals surface area (Å²) in [4.78, 5) is 10.5. The van der Waals surface area contributed by atoms with Gasteiger partial charge in [-0.05, 0) is 11.1 Å². The summed E-state index contributed by atoms with van der Waals surface area (Å²) in [7, 11) is 0. The molecule has 1 aromatic heterocycles. The summed E-state index contributed by atoms with van der Waals surface area (Å²) < 4.78 is 1.93. The van der Waals surface area contributed by atoms with Crippen LogP contribution in [-0.4, -0.2) is 18.0 Å². The highest BCUT2D eigenvalue weighted by molar-refractivity contribution is 5.76. The first-order chi connectivity index (χ1) is 9.31. The van der Waals surface area contributed by atoms with E-state index < -0.39 is 0 Å². The van der Waals surface area contributed by atoms with Crippen molar-refractivity contribution in [2.75, 3.05) is 6.61 Å². The second-order valence-electron chi connectivity index (χ2n) is 4.21. The number of hydrogen-bond donors (Lipinski definition) is 1. The summed E-state index contributed by atoms with van der Waals surface area (Å²) in [5.74, 6) is 0. The molecule has 0 aliphatic heterocycles. The standard InChI is InChI=1S/C16H16NO2.ClH/c18-12-11-17-9-7-15(8-10-17)2-1-14-3-5-16(13-19)6-4-14;/h1-10,13,18H,11-12H2;1H/q+1;/p-1/b2-1+;. The average molecular weight is 290 g/mol. The number of rotatable bonds is 5. The minimum Gasteiger partial charge on any atom is -1.00 e. The van der Waals surface area contributed by atoms with Gasteiger partial charge in [0.1, 0.15) is 12.9 Å². The SMILES string of the molecule is O=Cc1ccc(/C=C/c2cc[n+](CCO)cc2)cc1.[Cl-]. The van der Waals surface area contributed by atoms with Crippen molar-refractivity contribution in [1.82, 2.24) is 0 Å². The molecule has 104 valence electrons. The zero-order chi connectivity index (χ0) is 13.5. The van der Waals surface area contributed by atoms with Gasteiger partial charge in [0.05, 0.1) is 0 Å². The summed E-state index contributed by atoms with van der Waals surface area (Å²) in [6.07, 6.45) is 8.72. The topological polar surface area (TPSA) is 41.2 Å². The van der Waals surface area contributed by atoms with E-state index in [4.69, 9.17) is 5.11 Å². The van der Waals surface area contributed by atoms with E-state index in [1.165, 1.54) is 0 Å². The zero-order valence-electron chi connectivity index (χ0n) is 10.9. The number of carbonyl (C=O) groups is 1. The van der Waals surface area contributed by atoms with Crippen LogP contribution in [0.2, 0.25) is 0 Å². The first-order valence-corrected chi connectivity index (χ1v) is 6.15. The molecule has 0 saturated carbocycles. The molecule has 20 heavy (non-hydrogen) atoms. The molecule has 2 rings (SSSR count). The molecule has 0 unspecified atom stereocenters. The molecule has 0 amide bonds. The Balaban J connectivity index is 0.00000200. The summed E-state index contributed by atoms with van der Waals surface area (Å²) in [6.45, 7) is 0.750. The van der Waals surface area contributed by atoms with E-state index in [-0.39, 0.29) is 19.0 Å². The maximum absolute atomic E-state index is 10.5. The Kier molecular flexibility index (Phi) is 6.64. The van der Waals surface area contributed by atoms with Crippen LogP contribution in [0.4, 0.5) is 0 Å². The molecule has 0 radical (unpaired) electrons. The lowest BCUT2D eigenvalue weighted by Gasteiger charge is -1.96. The van der Waals surface area contributed by atoms with Gasteiger partial charge in [0.2, 0.25) is 0 Å². The monoisotopic (exact) mass is 289 g/mol. The summed E-state index contributed by atoms with van der Waals surface area (Å²) >= 11 is 0. The number of halogens is 1. The molecule has 0 atom stereocenters. The smallest absolute Gasteiger partial charge is 0.171 e. The third-order valence-corrected chi connectivity index (χ3v) is 2.82. The number of aliphatic hydroxyl groups is 1. The molecule has 0 aliphatic carbocycles. The number of aldehydes is 1. The van der Waals surface area contributed by atoms with Gasteiger partial charge >= 0.3 is 0 Å². The minimum atomic E-state index is 0. The van der Waals surface area contributed by atoms with Crippen LogP contribution >= 0.6 is 0 Å². The van der Waals surface area contributed by atoms with Crippen molar-refractivity contribution in [2.45, 2.75) is 6.54 Å². The lowest BCUT2D eigenvalue weighted by molar-refractivity contribution is -0.698. The molecule has 3 nitrogen and oxygen atoms in total. The molecular weight excluding hydrogens is 274 g/mol. The van der Waals surface area contributed by atoms with Crippen LogP contribution in [0.3, 0.4) is 0 Å². The normalized spacial score (nSPS) is 10.2. The fourth-order valence-corrected chi connectivity index (χ4v) is 1.72. The highest BCUT2D eigenvalue weighted by Crippen LogP contribution is 2.08. The van der Waals surface area contributed by atoms with Crippen LogP contribution in [0.15, 0.2) is 48.8 Å². The third kappa shape index (κ3) is 4.61. The molecule has 1 N–H and O–H groups in total. The van der Waals surface area contributed by atoms with Crippen LogP contribution < -0.4 is 17.0 Å². The molecule has 0 saturated heterocycles. The van der Waals surface area contributed by atoms with Gasteiger partial charge in [0.25, 0.3) is 0 Å². The van der Waals surface area contributed by atoms with Gasteiger partial charge in [-0.15, -0.1) is 0 Å². The van der Waals surface area contributed by atoms with E-state index >= 15 is 0 Å². The summed E-state index contributed by atoms with van der Waals surface area (Å²) in [5, 5.41) is 8.82. The van der Waals surface area contributed by atoms with E-state index in [1.54, 1.807) is 12.1 Å². The number of aromatic nitrogens is 1. The lowest BCUT2D eigenvalue weighted by atomic mass is 10.1. The van der Waals surface area contributed by atoms with Gasteiger partial charge < -0.3 is 17.5 Å². The van der Waals surface area contributed by atoms with Gasteiger partial charge in [-0.2, -0.15) is 0 Å². The van der Waals surface area contributed by atoms with Gasteiger partial charge in [-0.3, -0.25) is 4.79 Å². The highest BCUT2D eigenvalue weighted by atomic mass is 35.5. The molecular formula is C16H16ClNO2. The van der Waals surface area contributed by atoms with E-state index in [0.717, 1.165) is 17.4 Å². The van der Waals surface area contributed by atoms with E-state index in [9.17, 15) is 4.79 Å². The number of aliphatic hydroxyl groups excluding tert-OH is 1. The van der Waals surface area contributed by atoms with Crippen molar-refractivity contribution in [3.8, 4) is 0 Å². The molecule has 0 aliphatic rings. The number of hydrogen-bond acceptors (Lipinski definition) is 2. The second kappa shape index (κ2) is 8.25. The largest absolute Gasteiger partial charge is 1.00 e. The lowest BCUT2D eigenvalue weighted by Crippen LogP contribution is -3.00. The Morgan fingerprint density at radius 3 is 1.90 bits per heavy atom. The number of nitrogens with zero attached hydrogens (tertiary/aromatic N) is 1. The summed E-state index contributed by atoms with van der Waals surface area (Å²) in [5.41, 5.74) is 2.83. The fraction of sp³-hybridized carbons (Fsp3) is 0.125. The van der Waals surface area contributed by atoms with Crippen LogP contribution in [0.25, 0.3) is 12.2 Å². The Labute approximate surface area is 124 Å². The fourth-order valence-electron chi connectivity index (χ4n) is 1.72. The Morgan fingerprint density at radius 2 is 1.40 bits per heavy atom. The van der Waals surface area contributed by atoms with Crippen LogP contribution in [-0.2, 0) is 6.54 Å². The molecule has 0 fully saturated rings. The predicted octanol–water partition coefficient (Wildman–Crippen LogP) is -1.05. The summed E-state index contributed by atoms with van der Waals surface area (Å²) in [6, 6.07) is 11.4.